The first-order valence-corrected chi connectivity index (χ1v) is 7.75. The number of hydrogen-bond acceptors (Lipinski definition) is 6. The summed E-state index contributed by atoms with van der Waals surface area (Å²) in [5.74, 6) is -0.352. The second-order valence-electron chi connectivity index (χ2n) is 5.56. The standard InChI is InChI=1S/C18H17N3O4/c1-11-14(12(2)25-21-11)9-18(23)24-10-17(22)20-16-7-3-6-15-13(16)5-4-8-19-15/h3-8H,9-10H2,1-2H3,(H,20,22). The van der Waals surface area contributed by atoms with Gasteiger partial charge in [0.15, 0.2) is 6.61 Å². The molecule has 0 fully saturated rings. The number of hydrogen-bond donors (Lipinski definition) is 1. The van der Waals surface area contributed by atoms with Gasteiger partial charge in [-0.15, -0.1) is 0 Å². The van der Waals surface area contributed by atoms with Crippen LogP contribution in [0.25, 0.3) is 10.9 Å². The molecule has 0 spiro atoms. The van der Waals surface area contributed by atoms with Crippen LogP contribution in [0.1, 0.15) is 17.0 Å². The lowest BCUT2D eigenvalue weighted by Gasteiger charge is -2.09. The Hall–Kier alpha value is -3.22. The van der Waals surface area contributed by atoms with Crippen molar-refractivity contribution in [1.82, 2.24) is 10.1 Å². The molecule has 0 radical (unpaired) electrons. The van der Waals surface area contributed by atoms with Gasteiger partial charge in [-0.3, -0.25) is 14.6 Å². The highest BCUT2D eigenvalue weighted by atomic mass is 16.5. The van der Waals surface area contributed by atoms with Gasteiger partial charge in [0, 0.05) is 17.1 Å². The van der Waals surface area contributed by atoms with Gasteiger partial charge in [-0.05, 0) is 38.1 Å². The van der Waals surface area contributed by atoms with Crippen LogP contribution < -0.4 is 5.32 Å². The molecule has 0 aliphatic heterocycles. The zero-order chi connectivity index (χ0) is 17.8. The molecule has 0 unspecified atom stereocenters. The summed E-state index contributed by atoms with van der Waals surface area (Å²) in [5.41, 5.74) is 2.72. The Labute approximate surface area is 144 Å². The fraction of sp³-hybridized carbons (Fsp3) is 0.222. The van der Waals surface area contributed by atoms with Crippen LogP contribution in [-0.2, 0) is 20.7 Å². The first kappa shape index (κ1) is 16.6. The Bertz CT molecular complexity index is 908. The third-order valence-corrected chi connectivity index (χ3v) is 3.79. The normalized spacial score (nSPS) is 10.6. The first-order valence-electron chi connectivity index (χ1n) is 7.75. The number of pyridine rings is 1. The number of fused-ring (bicyclic) bond motifs is 1. The van der Waals surface area contributed by atoms with Crippen LogP contribution in [0, 0.1) is 13.8 Å². The minimum Gasteiger partial charge on any atom is -0.455 e. The van der Waals surface area contributed by atoms with Crippen molar-refractivity contribution in [3.05, 3.63) is 53.5 Å². The van der Waals surface area contributed by atoms with Gasteiger partial charge in [0.2, 0.25) is 0 Å². The summed E-state index contributed by atoms with van der Waals surface area (Å²) in [6.07, 6.45) is 1.71. The minimum absolute atomic E-state index is 0.0205. The predicted molar refractivity (Wildman–Crippen MR) is 91.0 cm³/mol. The van der Waals surface area contributed by atoms with Crippen LogP contribution in [0.4, 0.5) is 5.69 Å². The van der Waals surface area contributed by atoms with Crippen LogP contribution in [0.5, 0.6) is 0 Å². The maximum Gasteiger partial charge on any atom is 0.310 e. The number of aryl methyl sites for hydroxylation is 2. The first-order chi connectivity index (χ1) is 12.0. The summed E-state index contributed by atoms with van der Waals surface area (Å²) in [4.78, 5) is 28.2. The van der Waals surface area contributed by atoms with E-state index in [1.165, 1.54) is 0 Å². The lowest BCUT2D eigenvalue weighted by Crippen LogP contribution is -2.22. The highest BCUT2D eigenvalue weighted by Crippen LogP contribution is 2.21. The number of esters is 1. The van der Waals surface area contributed by atoms with Crippen LogP contribution in [0.2, 0.25) is 0 Å². The Balaban J connectivity index is 1.58. The molecule has 7 nitrogen and oxygen atoms in total. The molecule has 1 N–H and O–H groups in total. The fourth-order valence-electron chi connectivity index (χ4n) is 2.49. The van der Waals surface area contributed by atoms with Gasteiger partial charge in [-0.25, -0.2) is 0 Å². The number of aromatic nitrogens is 2. The van der Waals surface area contributed by atoms with Crippen LogP contribution in [0.3, 0.4) is 0 Å². The van der Waals surface area contributed by atoms with E-state index < -0.39 is 11.9 Å². The summed E-state index contributed by atoms with van der Waals surface area (Å²) in [7, 11) is 0. The SMILES string of the molecule is Cc1noc(C)c1CC(=O)OCC(=O)Nc1cccc2ncccc12. The lowest BCUT2D eigenvalue weighted by molar-refractivity contribution is -0.146. The van der Waals surface area contributed by atoms with Crippen molar-refractivity contribution in [2.75, 3.05) is 11.9 Å². The van der Waals surface area contributed by atoms with Gasteiger partial charge >= 0.3 is 5.97 Å². The second kappa shape index (κ2) is 7.12. The number of rotatable bonds is 5. The van der Waals surface area contributed by atoms with Crippen molar-refractivity contribution in [2.45, 2.75) is 20.3 Å². The molecule has 1 amide bonds. The molecule has 128 valence electrons. The van der Waals surface area contributed by atoms with Gasteiger partial charge in [-0.2, -0.15) is 0 Å². The van der Waals surface area contributed by atoms with E-state index in [2.05, 4.69) is 15.5 Å². The average Bonchev–Trinajstić information content (AvgIpc) is 2.92. The summed E-state index contributed by atoms with van der Waals surface area (Å²) in [6.45, 7) is 3.11. The summed E-state index contributed by atoms with van der Waals surface area (Å²) >= 11 is 0. The van der Waals surface area contributed by atoms with Crippen LogP contribution in [0.15, 0.2) is 41.1 Å². The predicted octanol–water partition coefficient (Wildman–Crippen LogP) is 2.56. The number of nitrogens with one attached hydrogen (secondary N) is 1. The largest absolute Gasteiger partial charge is 0.455 e. The molecule has 0 saturated heterocycles. The monoisotopic (exact) mass is 339 g/mol. The molecule has 0 aliphatic rings. The maximum absolute atomic E-state index is 12.1. The van der Waals surface area contributed by atoms with E-state index in [0.29, 0.717) is 22.7 Å². The van der Waals surface area contributed by atoms with Crippen molar-refractivity contribution < 1.29 is 18.8 Å². The van der Waals surface area contributed by atoms with Gasteiger partial charge < -0.3 is 14.6 Å². The quantitative estimate of drug-likeness (QED) is 0.718. The highest BCUT2D eigenvalue weighted by Gasteiger charge is 2.15. The smallest absolute Gasteiger partial charge is 0.310 e. The maximum atomic E-state index is 12.1. The third-order valence-electron chi connectivity index (χ3n) is 3.79. The Kier molecular flexibility index (Phi) is 4.74. The molecule has 0 aliphatic carbocycles. The molecule has 25 heavy (non-hydrogen) atoms. The summed E-state index contributed by atoms with van der Waals surface area (Å²) < 4.78 is 10.0. The van der Waals surface area contributed by atoms with E-state index in [0.717, 1.165) is 10.9 Å². The number of amides is 1. The van der Waals surface area contributed by atoms with E-state index in [9.17, 15) is 9.59 Å². The van der Waals surface area contributed by atoms with Crippen molar-refractivity contribution >= 4 is 28.5 Å². The van der Waals surface area contributed by atoms with E-state index >= 15 is 0 Å². The number of nitrogens with zero attached hydrogens (tertiary/aromatic N) is 2. The molecular formula is C18H17N3O4. The molecule has 3 aromatic rings. The minimum atomic E-state index is -0.510. The van der Waals surface area contributed by atoms with Crippen molar-refractivity contribution in [3.8, 4) is 0 Å². The van der Waals surface area contributed by atoms with Crippen molar-refractivity contribution in [3.63, 3.8) is 0 Å². The average molecular weight is 339 g/mol. The van der Waals surface area contributed by atoms with E-state index in [1.807, 2.05) is 12.1 Å². The number of ether oxygens (including phenoxy) is 1. The Morgan fingerprint density at radius 3 is 2.80 bits per heavy atom. The molecular weight excluding hydrogens is 322 g/mol. The number of anilines is 1. The number of carbonyl (C=O) groups excluding carboxylic acids is 2. The molecule has 2 aromatic heterocycles. The van der Waals surface area contributed by atoms with Crippen LogP contribution in [-0.4, -0.2) is 28.6 Å². The molecule has 7 heteroatoms. The summed E-state index contributed by atoms with van der Waals surface area (Å²) in [5, 5.41) is 7.34. The molecule has 1 aromatic carbocycles. The fourth-order valence-corrected chi connectivity index (χ4v) is 2.49. The highest BCUT2D eigenvalue weighted by molar-refractivity contribution is 6.01. The second-order valence-corrected chi connectivity index (χ2v) is 5.56. The van der Waals surface area contributed by atoms with E-state index in [-0.39, 0.29) is 13.0 Å². The Morgan fingerprint density at radius 1 is 1.20 bits per heavy atom. The number of benzene rings is 1. The van der Waals surface area contributed by atoms with Crippen LogP contribution >= 0.6 is 0 Å². The molecule has 3 rings (SSSR count). The van der Waals surface area contributed by atoms with E-state index in [1.54, 1.807) is 38.2 Å². The van der Waals surface area contributed by atoms with Crippen molar-refractivity contribution in [2.24, 2.45) is 0 Å². The molecule has 0 atom stereocenters. The number of carbonyl (C=O) groups is 2. The molecule has 0 saturated carbocycles. The molecule has 0 bridgehead atoms. The lowest BCUT2D eigenvalue weighted by atomic mass is 10.1. The van der Waals surface area contributed by atoms with Gasteiger partial charge in [-0.1, -0.05) is 11.2 Å². The Morgan fingerprint density at radius 2 is 2.04 bits per heavy atom. The zero-order valence-electron chi connectivity index (χ0n) is 13.9. The van der Waals surface area contributed by atoms with Gasteiger partial charge in [0.1, 0.15) is 5.76 Å². The topological polar surface area (TPSA) is 94.3 Å². The zero-order valence-corrected chi connectivity index (χ0v) is 13.9. The van der Waals surface area contributed by atoms with Gasteiger partial charge in [0.05, 0.1) is 23.3 Å². The summed E-state index contributed by atoms with van der Waals surface area (Å²) in [6, 6.07) is 9.08. The molecule has 2 heterocycles. The van der Waals surface area contributed by atoms with E-state index in [4.69, 9.17) is 9.26 Å². The van der Waals surface area contributed by atoms with Gasteiger partial charge in [0.25, 0.3) is 5.91 Å². The third kappa shape index (κ3) is 3.82. The van der Waals surface area contributed by atoms with Crippen molar-refractivity contribution in [1.29, 1.82) is 0 Å².